The van der Waals surface area contributed by atoms with Crippen LogP contribution in [0, 0.1) is 0 Å². The summed E-state index contributed by atoms with van der Waals surface area (Å²) in [5.74, 6) is 0.492. The summed E-state index contributed by atoms with van der Waals surface area (Å²) < 4.78 is 30.0. The first-order chi connectivity index (χ1) is 11.7. The van der Waals surface area contributed by atoms with Crippen molar-refractivity contribution in [1.82, 2.24) is 9.97 Å². The summed E-state index contributed by atoms with van der Waals surface area (Å²) in [6.07, 6.45) is 2.65. The van der Waals surface area contributed by atoms with E-state index in [0.717, 1.165) is 10.7 Å². The lowest BCUT2D eigenvalue weighted by atomic mass is 9.93. The molecule has 8 heteroatoms. The highest BCUT2D eigenvalue weighted by Gasteiger charge is 2.29. The predicted octanol–water partition coefficient (Wildman–Crippen LogP) is 2.82. The molecule has 25 heavy (non-hydrogen) atoms. The maximum absolute atomic E-state index is 12.1. The van der Waals surface area contributed by atoms with E-state index in [2.05, 4.69) is 31.1 Å². The highest BCUT2D eigenvalue weighted by Crippen LogP contribution is 2.32. The molecule has 0 aliphatic carbocycles. The average molecular weight is 382 g/mol. The van der Waals surface area contributed by atoms with Crippen LogP contribution < -0.4 is 4.90 Å². The van der Waals surface area contributed by atoms with Crippen LogP contribution in [0.25, 0.3) is 0 Å². The molecule has 1 atom stereocenters. The Morgan fingerprint density at radius 2 is 2.12 bits per heavy atom. The number of nitrogens with zero attached hydrogens (tertiary/aromatic N) is 3. The zero-order valence-corrected chi connectivity index (χ0v) is 16.5. The van der Waals surface area contributed by atoms with Crippen LogP contribution in [-0.4, -0.2) is 44.3 Å². The van der Waals surface area contributed by atoms with Gasteiger partial charge < -0.3 is 9.64 Å². The number of hydrogen-bond donors (Lipinski definition) is 0. The van der Waals surface area contributed by atoms with E-state index < -0.39 is 9.84 Å². The van der Waals surface area contributed by atoms with E-state index in [1.54, 1.807) is 29.7 Å². The van der Waals surface area contributed by atoms with Crippen molar-refractivity contribution < 1.29 is 13.2 Å². The number of ether oxygens (including phenoxy) is 1. The number of hydrogen-bond acceptors (Lipinski definition) is 7. The van der Waals surface area contributed by atoms with Crippen LogP contribution in [0.2, 0.25) is 0 Å². The van der Waals surface area contributed by atoms with Crippen LogP contribution in [-0.2, 0) is 20.0 Å². The van der Waals surface area contributed by atoms with Gasteiger partial charge in [-0.05, 0) is 12.1 Å². The first-order valence-electron chi connectivity index (χ1n) is 8.14. The number of sulfone groups is 1. The molecule has 0 spiro atoms. The van der Waals surface area contributed by atoms with Gasteiger partial charge in [-0.25, -0.2) is 18.4 Å². The highest BCUT2D eigenvalue weighted by atomic mass is 32.2. The van der Waals surface area contributed by atoms with Gasteiger partial charge in [-0.3, -0.25) is 0 Å². The van der Waals surface area contributed by atoms with Crippen molar-refractivity contribution in [1.29, 1.82) is 0 Å². The summed E-state index contributed by atoms with van der Waals surface area (Å²) in [6.45, 7) is 8.05. The second-order valence-corrected chi connectivity index (χ2v) is 10.1. The molecule has 1 aliphatic rings. The molecule has 1 aliphatic heterocycles. The highest BCUT2D eigenvalue weighted by molar-refractivity contribution is 7.90. The Morgan fingerprint density at radius 1 is 1.36 bits per heavy atom. The number of rotatable bonds is 3. The Kier molecular flexibility index (Phi) is 4.87. The topological polar surface area (TPSA) is 72.4 Å². The molecule has 1 saturated heterocycles. The van der Waals surface area contributed by atoms with Crippen LogP contribution in [0.4, 0.5) is 5.82 Å². The molecule has 0 amide bonds. The molecule has 0 bridgehead atoms. The van der Waals surface area contributed by atoms with E-state index in [1.165, 1.54) is 6.26 Å². The van der Waals surface area contributed by atoms with Crippen LogP contribution >= 0.6 is 11.3 Å². The molecule has 0 radical (unpaired) electrons. The van der Waals surface area contributed by atoms with Gasteiger partial charge >= 0.3 is 0 Å². The van der Waals surface area contributed by atoms with Crippen molar-refractivity contribution in [3.63, 3.8) is 0 Å². The van der Waals surface area contributed by atoms with Crippen molar-refractivity contribution in [3.8, 4) is 0 Å². The third-order valence-corrected chi connectivity index (χ3v) is 6.14. The van der Waals surface area contributed by atoms with Crippen molar-refractivity contribution in [3.05, 3.63) is 34.4 Å². The van der Waals surface area contributed by atoms with Crippen LogP contribution in [0.5, 0.6) is 0 Å². The Morgan fingerprint density at radius 3 is 2.76 bits per heavy atom. The minimum Gasteiger partial charge on any atom is -0.367 e. The summed E-state index contributed by atoms with van der Waals surface area (Å²) in [5.41, 5.74) is 1.04. The van der Waals surface area contributed by atoms with Crippen LogP contribution in [0.3, 0.4) is 0 Å². The lowest BCUT2D eigenvalue weighted by Gasteiger charge is -2.33. The largest absolute Gasteiger partial charge is 0.367 e. The Labute approximate surface area is 152 Å². The normalized spacial score (nSPS) is 19.2. The molecule has 6 nitrogen and oxygen atoms in total. The van der Waals surface area contributed by atoms with Crippen LogP contribution in [0.1, 0.15) is 37.6 Å². The quantitative estimate of drug-likeness (QED) is 0.814. The van der Waals surface area contributed by atoms with E-state index in [0.29, 0.717) is 25.5 Å². The Bertz CT molecular complexity index is 856. The first-order valence-corrected chi connectivity index (χ1v) is 10.9. The van der Waals surface area contributed by atoms with Gasteiger partial charge in [-0.2, -0.15) is 0 Å². The zero-order chi connectivity index (χ0) is 18.2. The fourth-order valence-corrected chi connectivity index (χ4v) is 4.60. The molecule has 0 saturated carbocycles. The molecule has 2 aromatic heterocycles. The van der Waals surface area contributed by atoms with E-state index in [4.69, 9.17) is 9.72 Å². The predicted molar refractivity (Wildman–Crippen MR) is 99.1 cm³/mol. The van der Waals surface area contributed by atoms with Crippen LogP contribution in [0.15, 0.2) is 28.6 Å². The third-order valence-electron chi connectivity index (χ3n) is 4.08. The van der Waals surface area contributed by atoms with Gasteiger partial charge in [0.1, 0.15) is 21.8 Å². The van der Waals surface area contributed by atoms with E-state index in [-0.39, 0.29) is 16.4 Å². The Balaban J connectivity index is 1.87. The van der Waals surface area contributed by atoms with Gasteiger partial charge in [0.15, 0.2) is 9.84 Å². The maximum atomic E-state index is 12.1. The Hall–Kier alpha value is -1.51. The average Bonchev–Trinajstić information content (AvgIpc) is 3.04. The van der Waals surface area contributed by atoms with Gasteiger partial charge in [-0.15, -0.1) is 11.3 Å². The van der Waals surface area contributed by atoms with Crippen molar-refractivity contribution in [2.24, 2.45) is 0 Å². The second-order valence-electron chi connectivity index (χ2n) is 7.22. The number of anilines is 1. The summed E-state index contributed by atoms with van der Waals surface area (Å²) in [6, 6.07) is 3.25. The number of pyridine rings is 1. The molecule has 136 valence electrons. The molecule has 3 rings (SSSR count). The molecule has 2 aromatic rings. The van der Waals surface area contributed by atoms with E-state index >= 15 is 0 Å². The van der Waals surface area contributed by atoms with Crippen molar-refractivity contribution in [2.45, 2.75) is 37.2 Å². The monoisotopic (exact) mass is 381 g/mol. The van der Waals surface area contributed by atoms with Gasteiger partial charge in [0, 0.05) is 29.8 Å². The standard InChI is InChI=1S/C17H23N3O3S2/c1-17(2,3)14-11-24-16(19-14)12-10-20(8-9-23-12)15-13(25(4,21)22)6-5-7-18-15/h5-7,11-12H,8-10H2,1-4H3. The molecule has 3 heterocycles. The molecule has 1 fully saturated rings. The zero-order valence-electron chi connectivity index (χ0n) is 14.9. The fourth-order valence-electron chi connectivity index (χ4n) is 2.68. The lowest BCUT2D eigenvalue weighted by molar-refractivity contribution is 0.0390. The lowest BCUT2D eigenvalue weighted by Crippen LogP contribution is -2.39. The van der Waals surface area contributed by atoms with Crippen molar-refractivity contribution in [2.75, 3.05) is 30.9 Å². The van der Waals surface area contributed by atoms with Crippen molar-refractivity contribution >= 4 is 27.0 Å². The molecule has 1 unspecified atom stereocenters. The molecular formula is C17H23N3O3S2. The van der Waals surface area contributed by atoms with E-state index in [1.807, 2.05) is 4.90 Å². The number of thiazole rings is 1. The number of aromatic nitrogens is 2. The second kappa shape index (κ2) is 6.66. The number of morpholine rings is 1. The summed E-state index contributed by atoms with van der Waals surface area (Å²) in [4.78, 5) is 11.3. The third kappa shape index (κ3) is 4.02. The fraction of sp³-hybridized carbons (Fsp3) is 0.529. The molecule has 0 aromatic carbocycles. The van der Waals surface area contributed by atoms with Gasteiger partial charge in [-0.1, -0.05) is 20.8 Å². The van der Waals surface area contributed by atoms with Gasteiger partial charge in [0.2, 0.25) is 0 Å². The molecule has 0 N–H and O–H groups in total. The summed E-state index contributed by atoms with van der Waals surface area (Å²) in [7, 11) is -3.34. The maximum Gasteiger partial charge on any atom is 0.179 e. The van der Waals surface area contributed by atoms with E-state index in [9.17, 15) is 8.42 Å². The smallest absolute Gasteiger partial charge is 0.179 e. The minimum absolute atomic E-state index is 0.00640. The minimum atomic E-state index is -3.34. The first kappa shape index (κ1) is 18.3. The molecular weight excluding hydrogens is 358 g/mol. The summed E-state index contributed by atoms with van der Waals surface area (Å²) in [5, 5.41) is 2.99. The SMILES string of the molecule is CC(C)(C)c1csc(C2CN(c3ncccc3S(C)(=O)=O)CCO2)n1. The summed E-state index contributed by atoms with van der Waals surface area (Å²) >= 11 is 1.59. The van der Waals surface area contributed by atoms with Gasteiger partial charge in [0.25, 0.3) is 0 Å². The van der Waals surface area contributed by atoms with Gasteiger partial charge in [0.05, 0.1) is 18.8 Å².